The van der Waals surface area contributed by atoms with Gasteiger partial charge in [0.05, 0.1) is 11.4 Å². The van der Waals surface area contributed by atoms with Crippen LogP contribution in [0.4, 0.5) is 0 Å². The molecule has 0 bridgehead atoms. The molecule has 62 heavy (non-hydrogen) atoms. The number of nitrogens with zero attached hydrogens (tertiary/aromatic N) is 2. The zero-order chi connectivity index (χ0) is 41.0. The molecule has 0 spiro atoms. The molecule has 0 amide bonds. The number of benzene rings is 11. The fourth-order valence-corrected chi connectivity index (χ4v) is 9.39. The molecule has 11 aromatic carbocycles. The highest BCUT2D eigenvalue weighted by Crippen LogP contribution is 2.44. The van der Waals surface area contributed by atoms with E-state index in [4.69, 9.17) is 9.97 Å². The van der Waals surface area contributed by atoms with Crippen LogP contribution in [0.15, 0.2) is 231 Å². The minimum Gasteiger partial charge on any atom is -0.228 e. The normalized spacial score (nSPS) is 11.5. The third-order valence-corrected chi connectivity index (χ3v) is 12.5. The maximum Gasteiger partial charge on any atom is 0.160 e. The largest absolute Gasteiger partial charge is 0.228 e. The highest BCUT2D eigenvalue weighted by atomic mass is 14.9. The summed E-state index contributed by atoms with van der Waals surface area (Å²) in [6.45, 7) is 0. The van der Waals surface area contributed by atoms with E-state index in [0.717, 1.165) is 39.2 Å². The van der Waals surface area contributed by atoms with Gasteiger partial charge in [0.1, 0.15) is 0 Å². The summed E-state index contributed by atoms with van der Waals surface area (Å²) in [5.41, 5.74) is 12.0. The molecule has 0 saturated carbocycles. The van der Waals surface area contributed by atoms with Gasteiger partial charge < -0.3 is 0 Å². The van der Waals surface area contributed by atoms with E-state index in [0.29, 0.717) is 5.82 Å². The molecule has 288 valence electrons. The summed E-state index contributed by atoms with van der Waals surface area (Å²) < 4.78 is 0. The Morgan fingerprint density at radius 2 is 0.774 bits per heavy atom. The SMILES string of the molecule is c1ccc(-c2nc(-c3ccc(-c4ccc(-c5c6ccccc6cc6c5ccc5ccccc56)c5ccccc45)cc3)cc(-c3cccc(-c4ccc5ccccc5c4)c3)n2)cc1. The van der Waals surface area contributed by atoms with Crippen LogP contribution in [0.3, 0.4) is 0 Å². The van der Waals surface area contributed by atoms with Gasteiger partial charge in [-0.05, 0) is 112 Å². The first-order valence-corrected chi connectivity index (χ1v) is 21.2. The molecule has 0 aliphatic rings. The molecule has 2 heteroatoms. The van der Waals surface area contributed by atoms with E-state index < -0.39 is 0 Å². The molecule has 0 atom stereocenters. The Kier molecular flexibility index (Phi) is 8.53. The van der Waals surface area contributed by atoms with Gasteiger partial charge in [0.25, 0.3) is 0 Å². The predicted molar refractivity (Wildman–Crippen MR) is 262 cm³/mol. The third kappa shape index (κ3) is 6.20. The van der Waals surface area contributed by atoms with Crippen LogP contribution in [0.5, 0.6) is 0 Å². The van der Waals surface area contributed by atoms with Crippen LogP contribution in [0.2, 0.25) is 0 Å². The van der Waals surface area contributed by atoms with E-state index in [1.807, 2.05) is 18.2 Å². The smallest absolute Gasteiger partial charge is 0.160 e. The molecule has 0 N–H and O–H groups in total. The lowest BCUT2D eigenvalue weighted by molar-refractivity contribution is 1.18. The number of rotatable bonds is 6. The summed E-state index contributed by atoms with van der Waals surface area (Å²) in [6.07, 6.45) is 0. The molecule has 2 nitrogen and oxygen atoms in total. The molecule has 12 rings (SSSR count). The van der Waals surface area contributed by atoms with Crippen LogP contribution in [0.25, 0.3) is 121 Å². The van der Waals surface area contributed by atoms with Gasteiger partial charge in [-0.2, -0.15) is 0 Å². The van der Waals surface area contributed by atoms with Gasteiger partial charge >= 0.3 is 0 Å². The van der Waals surface area contributed by atoms with Gasteiger partial charge in [-0.1, -0.05) is 206 Å². The Morgan fingerprint density at radius 3 is 1.58 bits per heavy atom. The second-order valence-corrected chi connectivity index (χ2v) is 16.1. The van der Waals surface area contributed by atoms with E-state index in [9.17, 15) is 0 Å². The lowest BCUT2D eigenvalue weighted by atomic mass is 9.86. The molecule has 0 aliphatic carbocycles. The second kappa shape index (κ2) is 14.8. The van der Waals surface area contributed by atoms with Crippen molar-refractivity contribution < 1.29 is 0 Å². The zero-order valence-corrected chi connectivity index (χ0v) is 33.8. The highest BCUT2D eigenvalue weighted by molar-refractivity contribution is 6.23. The molecule has 0 radical (unpaired) electrons. The predicted octanol–water partition coefficient (Wildman–Crippen LogP) is 16.2. The minimum atomic E-state index is 0.703. The summed E-state index contributed by atoms with van der Waals surface area (Å²) in [4.78, 5) is 10.3. The Balaban J connectivity index is 0.957. The van der Waals surface area contributed by atoms with Crippen molar-refractivity contribution in [3.63, 3.8) is 0 Å². The maximum atomic E-state index is 5.17. The third-order valence-electron chi connectivity index (χ3n) is 12.5. The molecule has 12 aromatic rings. The monoisotopic (exact) mass is 786 g/mol. The molecule has 0 fully saturated rings. The van der Waals surface area contributed by atoms with E-state index >= 15 is 0 Å². The minimum absolute atomic E-state index is 0.703. The van der Waals surface area contributed by atoms with Gasteiger partial charge in [0.15, 0.2) is 5.82 Å². The lowest BCUT2D eigenvalue weighted by Gasteiger charge is -2.17. The average Bonchev–Trinajstić information content (AvgIpc) is 3.35. The van der Waals surface area contributed by atoms with Crippen molar-refractivity contribution in [1.82, 2.24) is 9.97 Å². The first-order chi connectivity index (χ1) is 30.7. The van der Waals surface area contributed by atoms with Gasteiger partial charge in [0.2, 0.25) is 0 Å². The molecule has 1 aromatic heterocycles. The van der Waals surface area contributed by atoms with Gasteiger partial charge in [-0.15, -0.1) is 0 Å². The number of fused-ring (bicyclic) bond motifs is 6. The highest BCUT2D eigenvalue weighted by Gasteiger charge is 2.17. The lowest BCUT2D eigenvalue weighted by Crippen LogP contribution is -1.96. The number of hydrogen-bond donors (Lipinski definition) is 0. The maximum absolute atomic E-state index is 5.17. The van der Waals surface area contributed by atoms with Crippen molar-refractivity contribution in [2.45, 2.75) is 0 Å². The van der Waals surface area contributed by atoms with Crippen LogP contribution in [0, 0.1) is 0 Å². The number of aromatic nitrogens is 2. The van der Waals surface area contributed by atoms with Crippen molar-refractivity contribution in [2.75, 3.05) is 0 Å². The van der Waals surface area contributed by atoms with Gasteiger partial charge in [-0.25, -0.2) is 9.97 Å². The van der Waals surface area contributed by atoms with Crippen LogP contribution >= 0.6 is 0 Å². The first kappa shape index (κ1) is 35.7. The van der Waals surface area contributed by atoms with Crippen molar-refractivity contribution in [1.29, 1.82) is 0 Å². The van der Waals surface area contributed by atoms with E-state index in [1.165, 1.54) is 76.1 Å². The summed E-state index contributed by atoms with van der Waals surface area (Å²) in [5, 5.41) is 12.5. The first-order valence-electron chi connectivity index (χ1n) is 21.2. The topological polar surface area (TPSA) is 25.8 Å². The molecular weight excluding hydrogens is 749 g/mol. The Bertz CT molecular complexity index is 3680. The Labute approximate surface area is 360 Å². The van der Waals surface area contributed by atoms with Crippen molar-refractivity contribution >= 4 is 53.9 Å². The average molecular weight is 787 g/mol. The van der Waals surface area contributed by atoms with Crippen molar-refractivity contribution in [2.24, 2.45) is 0 Å². The Hall–Kier alpha value is -8.20. The van der Waals surface area contributed by atoms with Crippen LogP contribution in [0.1, 0.15) is 0 Å². The Morgan fingerprint density at radius 1 is 0.226 bits per heavy atom. The van der Waals surface area contributed by atoms with Crippen LogP contribution in [-0.2, 0) is 0 Å². The molecule has 0 unspecified atom stereocenters. The molecule has 0 saturated heterocycles. The zero-order valence-electron chi connectivity index (χ0n) is 33.8. The second-order valence-electron chi connectivity index (χ2n) is 16.1. The van der Waals surface area contributed by atoms with Crippen LogP contribution < -0.4 is 0 Å². The molecule has 1 heterocycles. The van der Waals surface area contributed by atoms with Gasteiger partial charge in [-0.3, -0.25) is 0 Å². The quantitative estimate of drug-likeness (QED) is 0.124. The standard InChI is InChI=1S/C60H38N2/c1-2-15-43(16-3-1)60-61-57(38-58(62-60)48-20-12-19-45(36-48)46-30-25-39-13-4-5-17-44(39)35-46)42-28-26-41(27-29-42)50-33-34-54(53-24-11-10-23-52(50)53)59-51-22-9-7-18-47(51)37-56-49-21-8-6-14-40(49)31-32-55(56)59/h1-38H. The summed E-state index contributed by atoms with van der Waals surface area (Å²) in [5.74, 6) is 0.703. The molecular formula is C60H38N2. The summed E-state index contributed by atoms with van der Waals surface area (Å²) in [6, 6.07) is 83.1. The fraction of sp³-hybridized carbons (Fsp3) is 0. The summed E-state index contributed by atoms with van der Waals surface area (Å²) >= 11 is 0. The molecule has 0 aliphatic heterocycles. The summed E-state index contributed by atoms with van der Waals surface area (Å²) in [7, 11) is 0. The van der Waals surface area contributed by atoms with Crippen molar-refractivity contribution in [3.05, 3.63) is 231 Å². The van der Waals surface area contributed by atoms with Crippen molar-refractivity contribution in [3.8, 4) is 67.3 Å². The fourth-order valence-electron chi connectivity index (χ4n) is 9.39. The van der Waals surface area contributed by atoms with Crippen LogP contribution in [-0.4, -0.2) is 9.97 Å². The van der Waals surface area contributed by atoms with E-state index in [1.54, 1.807) is 0 Å². The van der Waals surface area contributed by atoms with E-state index in [2.05, 4.69) is 212 Å². The number of hydrogen-bond acceptors (Lipinski definition) is 2. The van der Waals surface area contributed by atoms with E-state index in [-0.39, 0.29) is 0 Å². The van der Waals surface area contributed by atoms with Gasteiger partial charge in [0, 0.05) is 16.7 Å².